The van der Waals surface area contributed by atoms with Crippen molar-refractivity contribution in [1.82, 2.24) is 4.90 Å². The molecule has 0 aliphatic carbocycles. The summed E-state index contributed by atoms with van der Waals surface area (Å²) in [6.07, 6.45) is -10.6. The highest BCUT2D eigenvalue weighted by Crippen LogP contribution is 2.37. The summed E-state index contributed by atoms with van der Waals surface area (Å²) < 4.78 is 98.4. The second kappa shape index (κ2) is 11.9. The van der Waals surface area contributed by atoms with Crippen LogP contribution < -0.4 is 4.74 Å². The molecule has 3 rings (SSSR count). The molecule has 1 unspecified atom stereocenters. The van der Waals surface area contributed by atoms with Crippen molar-refractivity contribution in [3.05, 3.63) is 100 Å². The van der Waals surface area contributed by atoms with Crippen LogP contribution in [-0.4, -0.2) is 41.9 Å². The number of carboxylic acid groups (broad SMARTS) is 1. The number of nitrogens with zero attached hydrogens (tertiary/aromatic N) is 1. The highest BCUT2D eigenvalue weighted by Gasteiger charge is 2.37. The van der Waals surface area contributed by atoms with Crippen LogP contribution in [0.1, 0.15) is 45.1 Å². The number of alkyl halides is 6. The maximum Gasteiger partial charge on any atom is 0.416 e. The first-order chi connectivity index (χ1) is 18.1. The Morgan fingerprint density at radius 1 is 0.846 bits per heavy atom. The molecule has 0 heterocycles. The van der Waals surface area contributed by atoms with E-state index >= 15 is 0 Å². The lowest BCUT2D eigenvalue weighted by atomic mass is 9.98. The number of rotatable bonds is 10. The molecule has 0 aliphatic heterocycles. The Morgan fingerprint density at radius 2 is 1.38 bits per heavy atom. The summed E-state index contributed by atoms with van der Waals surface area (Å²) >= 11 is 0. The summed E-state index contributed by atoms with van der Waals surface area (Å²) in [5, 5.41) is 8.94. The molecule has 3 aromatic rings. The van der Waals surface area contributed by atoms with Crippen molar-refractivity contribution in [3.63, 3.8) is 0 Å². The van der Waals surface area contributed by atoms with E-state index in [1.165, 1.54) is 53.4 Å². The zero-order valence-corrected chi connectivity index (χ0v) is 20.3. The number of carbonyl (C=O) groups is 2. The van der Waals surface area contributed by atoms with Gasteiger partial charge in [-0.05, 0) is 67.2 Å². The largest absolute Gasteiger partial charge is 0.486 e. The molecule has 0 bridgehead atoms. The molecule has 0 spiro atoms. The standard InChI is InChI=1S/C27H22F7NO4/c1-35(15-24(36)37)11-10-23(16-2-6-21(28)7-3-16)39-22-8-4-17(5-9-22)25(38)18-12-19(26(29,30)31)14-20(13-18)27(32,33)34/h2-9,12-14,23H,10-11,15H2,1H3,(H,36,37). The number of hydrogen-bond acceptors (Lipinski definition) is 4. The smallest absolute Gasteiger partial charge is 0.416 e. The van der Waals surface area contributed by atoms with Crippen molar-refractivity contribution in [3.8, 4) is 5.75 Å². The van der Waals surface area contributed by atoms with Crippen LogP contribution in [0.3, 0.4) is 0 Å². The van der Waals surface area contributed by atoms with Gasteiger partial charge in [-0.1, -0.05) is 12.1 Å². The summed E-state index contributed by atoms with van der Waals surface area (Å²) in [6.45, 7) is 0.0700. The fourth-order valence-corrected chi connectivity index (χ4v) is 3.72. The van der Waals surface area contributed by atoms with Gasteiger partial charge in [0, 0.05) is 24.1 Å². The van der Waals surface area contributed by atoms with Crippen LogP contribution in [0.25, 0.3) is 0 Å². The number of hydrogen-bond donors (Lipinski definition) is 1. The Balaban J connectivity index is 1.84. The first-order valence-corrected chi connectivity index (χ1v) is 11.4. The predicted molar refractivity (Wildman–Crippen MR) is 126 cm³/mol. The number of ether oxygens (including phenoxy) is 1. The van der Waals surface area contributed by atoms with Gasteiger partial charge in [-0.2, -0.15) is 26.3 Å². The van der Waals surface area contributed by atoms with Crippen molar-refractivity contribution >= 4 is 11.8 Å². The van der Waals surface area contributed by atoms with Crippen LogP contribution in [-0.2, 0) is 17.1 Å². The fourth-order valence-electron chi connectivity index (χ4n) is 3.72. The topological polar surface area (TPSA) is 66.8 Å². The molecule has 208 valence electrons. The van der Waals surface area contributed by atoms with Gasteiger partial charge >= 0.3 is 18.3 Å². The van der Waals surface area contributed by atoms with Crippen molar-refractivity contribution in [2.24, 2.45) is 0 Å². The van der Waals surface area contributed by atoms with Crippen LogP contribution in [0.2, 0.25) is 0 Å². The van der Waals surface area contributed by atoms with E-state index in [2.05, 4.69) is 0 Å². The van der Waals surface area contributed by atoms with E-state index in [0.29, 0.717) is 30.7 Å². The minimum atomic E-state index is -5.10. The third-order valence-corrected chi connectivity index (χ3v) is 5.66. The Morgan fingerprint density at radius 3 is 1.87 bits per heavy atom. The van der Waals surface area contributed by atoms with Crippen LogP contribution >= 0.6 is 0 Å². The van der Waals surface area contributed by atoms with Crippen LogP contribution in [0, 0.1) is 5.82 Å². The van der Waals surface area contributed by atoms with Gasteiger partial charge in [-0.3, -0.25) is 14.5 Å². The molecule has 0 saturated heterocycles. The van der Waals surface area contributed by atoms with E-state index < -0.39 is 52.7 Å². The minimum absolute atomic E-state index is 0.0583. The van der Waals surface area contributed by atoms with Gasteiger partial charge in [0.05, 0.1) is 17.7 Å². The first-order valence-electron chi connectivity index (χ1n) is 11.4. The van der Waals surface area contributed by atoms with E-state index in [-0.39, 0.29) is 23.9 Å². The van der Waals surface area contributed by atoms with E-state index in [1.807, 2.05) is 0 Å². The molecule has 39 heavy (non-hydrogen) atoms. The fraction of sp³-hybridized carbons (Fsp3) is 0.259. The predicted octanol–water partition coefficient (Wildman–Crippen LogP) is 6.62. The van der Waals surface area contributed by atoms with Gasteiger partial charge in [0.25, 0.3) is 0 Å². The summed E-state index contributed by atoms with van der Waals surface area (Å²) in [6, 6.07) is 11.1. The Bertz CT molecular complexity index is 1270. The highest BCUT2D eigenvalue weighted by molar-refractivity contribution is 6.09. The van der Waals surface area contributed by atoms with Crippen LogP contribution in [0.4, 0.5) is 30.7 Å². The van der Waals surface area contributed by atoms with E-state index in [0.717, 1.165) is 0 Å². The molecule has 5 nitrogen and oxygen atoms in total. The Kier molecular flexibility index (Phi) is 9.00. The number of carbonyl (C=O) groups excluding carboxylic acids is 1. The molecule has 0 amide bonds. The summed E-state index contributed by atoms with van der Waals surface area (Å²) in [4.78, 5) is 25.3. The Labute approximate surface area is 218 Å². The quantitative estimate of drug-likeness (QED) is 0.224. The van der Waals surface area contributed by atoms with Gasteiger partial charge in [-0.25, -0.2) is 4.39 Å². The molecule has 0 aliphatic rings. The highest BCUT2D eigenvalue weighted by atomic mass is 19.4. The molecule has 0 fully saturated rings. The van der Waals surface area contributed by atoms with Crippen LogP contribution in [0.15, 0.2) is 66.7 Å². The molecular formula is C27H22F7NO4. The summed E-state index contributed by atoms with van der Waals surface area (Å²) in [7, 11) is 1.59. The SMILES string of the molecule is CN(CCC(Oc1ccc(C(=O)c2cc(C(F)(F)F)cc(C(F)(F)F)c2)cc1)c1ccc(F)cc1)CC(=O)O. The summed E-state index contributed by atoms with van der Waals surface area (Å²) in [5.74, 6) is -2.35. The molecule has 3 aromatic carbocycles. The first kappa shape index (κ1) is 29.6. The third-order valence-electron chi connectivity index (χ3n) is 5.66. The maximum absolute atomic E-state index is 13.4. The number of ketones is 1. The van der Waals surface area contributed by atoms with E-state index in [9.17, 15) is 40.3 Å². The van der Waals surface area contributed by atoms with Gasteiger partial charge in [0.15, 0.2) is 5.78 Å². The van der Waals surface area contributed by atoms with Crippen molar-refractivity contribution in [1.29, 1.82) is 0 Å². The second-order valence-corrected chi connectivity index (χ2v) is 8.73. The average molecular weight is 557 g/mol. The lowest BCUT2D eigenvalue weighted by Gasteiger charge is -2.22. The lowest BCUT2D eigenvalue weighted by Crippen LogP contribution is -2.28. The summed E-state index contributed by atoms with van der Waals surface area (Å²) in [5.41, 5.74) is -3.58. The maximum atomic E-state index is 13.4. The average Bonchev–Trinajstić information content (AvgIpc) is 2.85. The number of halogens is 7. The number of carboxylic acids is 1. The van der Waals surface area contributed by atoms with Crippen molar-refractivity contribution < 1.29 is 50.2 Å². The lowest BCUT2D eigenvalue weighted by molar-refractivity contribution is -0.143. The van der Waals surface area contributed by atoms with Crippen molar-refractivity contribution in [2.75, 3.05) is 20.1 Å². The molecule has 0 radical (unpaired) electrons. The molecule has 12 heteroatoms. The second-order valence-electron chi connectivity index (χ2n) is 8.73. The number of likely N-dealkylation sites (N-methyl/N-ethyl adjacent to an activating group) is 1. The van der Waals surface area contributed by atoms with Gasteiger partial charge in [0.1, 0.15) is 17.7 Å². The molecule has 1 N–H and O–H groups in total. The number of aliphatic carboxylic acids is 1. The molecular weight excluding hydrogens is 535 g/mol. The van der Waals surface area contributed by atoms with Crippen molar-refractivity contribution in [2.45, 2.75) is 24.9 Å². The van der Waals surface area contributed by atoms with E-state index in [1.54, 1.807) is 7.05 Å². The van der Waals surface area contributed by atoms with Crippen LogP contribution in [0.5, 0.6) is 5.75 Å². The Hall–Kier alpha value is -3.93. The molecule has 0 saturated carbocycles. The zero-order chi connectivity index (χ0) is 29.0. The monoisotopic (exact) mass is 557 g/mol. The van der Waals surface area contributed by atoms with Gasteiger partial charge in [0.2, 0.25) is 0 Å². The normalized spacial score (nSPS) is 12.8. The molecule has 1 atom stereocenters. The third kappa shape index (κ3) is 8.28. The van der Waals surface area contributed by atoms with E-state index in [4.69, 9.17) is 9.84 Å². The van der Waals surface area contributed by atoms with Gasteiger partial charge in [-0.15, -0.1) is 0 Å². The number of benzene rings is 3. The minimum Gasteiger partial charge on any atom is -0.486 e. The molecule has 0 aromatic heterocycles. The zero-order valence-electron chi connectivity index (χ0n) is 20.3. The van der Waals surface area contributed by atoms with Gasteiger partial charge < -0.3 is 9.84 Å².